The van der Waals surface area contributed by atoms with Crippen LogP contribution >= 0.6 is 0 Å². The molecule has 4 amide bonds. The van der Waals surface area contributed by atoms with Crippen LogP contribution in [0.25, 0.3) is 10.9 Å². The fourth-order valence-electron chi connectivity index (χ4n) is 4.34. The maximum Gasteiger partial charge on any atom is 0.325 e. The van der Waals surface area contributed by atoms with E-state index in [0.29, 0.717) is 32.4 Å². The van der Waals surface area contributed by atoms with E-state index in [1.54, 1.807) is 0 Å². The van der Waals surface area contributed by atoms with Gasteiger partial charge >= 0.3 is 6.03 Å². The van der Waals surface area contributed by atoms with E-state index in [2.05, 4.69) is 15.6 Å². The number of urea groups is 1. The van der Waals surface area contributed by atoms with Crippen LogP contribution in [0.2, 0.25) is 0 Å². The topological polar surface area (TPSA) is 94.3 Å². The number of H-pyrrole nitrogens is 1. The minimum atomic E-state index is -0.653. The van der Waals surface area contributed by atoms with Gasteiger partial charge in [-0.3, -0.25) is 14.5 Å². The minimum absolute atomic E-state index is 0.0188. The minimum Gasteiger partial charge on any atom is -0.361 e. The average molecular weight is 382 g/mol. The van der Waals surface area contributed by atoms with Crippen LogP contribution in [0.15, 0.2) is 30.5 Å². The van der Waals surface area contributed by atoms with Crippen LogP contribution in [0.5, 0.6) is 0 Å². The van der Waals surface area contributed by atoms with Crippen molar-refractivity contribution in [2.24, 2.45) is 0 Å². The maximum atomic E-state index is 12.6. The van der Waals surface area contributed by atoms with Crippen LogP contribution < -0.4 is 10.6 Å². The second kappa shape index (κ2) is 7.66. The van der Waals surface area contributed by atoms with Gasteiger partial charge in [-0.05, 0) is 37.3 Å². The van der Waals surface area contributed by atoms with Gasteiger partial charge in [0.15, 0.2) is 0 Å². The van der Waals surface area contributed by atoms with Crippen molar-refractivity contribution in [3.8, 4) is 0 Å². The fraction of sp³-hybridized carbons (Fsp3) is 0.476. The molecule has 7 nitrogen and oxygen atoms in total. The molecule has 0 radical (unpaired) electrons. The Bertz CT molecular complexity index is 898. The number of benzene rings is 1. The van der Waals surface area contributed by atoms with Crippen molar-refractivity contribution in [1.29, 1.82) is 0 Å². The summed E-state index contributed by atoms with van der Waals surface area (Å²) in [6, 6.07) is 7.75. The predicted molar refractivity (Wildman–Crippen MR) is 106 cm³/mol. The van der Waals surface area contributed by atoms with Gasteiger partial charge in [-0.2, -0.15) is 0 Å². The zero-order chi connectivity index (χ0) is 19.6. The Hall–Kier alpha value is -2.83. The highest BCUT2D eigenvalue weighted by atomic mass is 16.2. The molecule has 148 valence electrons. The van der Waals surface area contributed by atoms with Crippen LogP contribution in [-0.4, -0.2) is 46.4 Å². The summed E-state index contributed by atoms with van der Waals surface area (Å²) in [5, 5.41) is 6.91. The van der Waals surface area contributed by atoms with E-state index in [0.717, 1.165) is 42.1 Å². The molecule has 2 fully saturated rings. The number of para-hydroxylation sites is 1. The molecular formula is C21H26N4O3. The molecule has 2 aromatic rings. The Morgan fingerprint density at radius 1 is 1.18 bits per heavy atom. The number of fused-ring (bicyclic) bond motifs is 1. The van der Waals surface area contributed by atoms with Crippen molar-refractivity contribution in [3.63, 3.8) is 0 Å². The second-order valence-corrected chi connectivity index (χ2v) is 7.74. The highest BCUT2D eigenvalue weighted by molar-refractivity contribution is 6.07. The molecule has 1 aliphatic heterocycles. The summed E-state index contributed by atoms with van der Waals surface area (Å²) in [5.74, 6) is -0.115. The highest BCUT2D eigenvalue weighted by Crippen LogP contribution is 2.34. The van der Waals surface area contributed by atoms with Crippen molar-refractivity contribution < 1.29 is 14.4 Å². The third-order valence-electron chi connectivity index (χ3n) is 5.88. The first kappa shape index (κ1) is 18.5. The number of aromatic nitrogens is 1. The molecule has 4 rings (SSSR count). The number of hydrogen-bond acceptors (Lipinski definition) is 3. The lowest BCUT2D eigenvalue weighted by atomic mass is 9.98. The summed E-state index contributed by atoms with van der Waals surface area (Å²) in [7, 11) is 0. The Morgan fingerprint density at radius 2 is 1.96 bits per heavy atom. The summed E-state index contributed by atoms with van der Waals surface area (Å²) in [6.07, 6.45) is 7.03. The molecule has 0 atom stereocenters. The summed E-state index contributed by atoms with van der Waals surface area (Å²) in [6.45, 7) is 0.798. The monoisotopic (exact) mass is 382 g/mol. The predicted octanol–water partition coefficient (Wildman–Crippen LogP) is 2.47. The average Bonchev–Trinajstić information content (AvgIpc) is 3.38. The van der Waals surface area contributed by atoms with E-state index >= 15 is 0 Å². The first-order chi connectivity index (χ1) is 13.6. The van der Waals surface area contributed by atoms with E-state index in [-0.39, 0.29) is 17.8 Å². The van der Waals surface area contributed by atoms with Gasteiger partial charge in [0.05, 0.1) is 0 Å². The molecule has 1 saturated carbocycles. The quantitative estimate of drug-likeness (QED) is 0.507. The van der Waals surface area contributed by atoms with E-state index in [1.807, 2.05) is 30.5 Å². The molecule has 2 aliphatic rings. The fourth-order valence-corrected chi connectivity index (χ4v) is 4.34. The molecule has 1 spiro atoms. The summed E-state index contributed by atoms with van der Waals surface area (Å²) in [4.78, 5) is 41.3. The lowest BCUT2D eigenvalue weighted by Gasteiger charge is -2.20. The lowest BCUT2D eigenvalue weighted by Crippen LogP contribution is -2.44. The third kappa shape index (κ3) is 3.48. The van der Waals surface area contributed by atoms with Crippen molar-refractivity contribution in [2.45, 2.75) is 50.5 Å². The number of nitrogens with zero attached hydrogens (tertiary/aromatic N) is 1. The zero-order valence-electron chi connectivity index (χ0n) is 15.9. The normalized spacial score (nSPS) is 18.2. The number of nitrogens with one attached hydrogen (secondary N) is 3. The number of rotatable bonds is 7. The standard InChI is InChI=1S/C21H26N4O3/c26-18(9-8-15-14-23-17-7-2-1-6-16(15)17)22-12-5-13-25-19(27)21(24-20(25)28)10-3-4-11-21/h1-2,6-7,14,23H,3-5,8-13H2,(H,22,26)(H,24,28). The Kier molecular flexibility index (Phi) is 5.07. The largest absolute Gasteiger partial charge is 0.361 e. The maximum absolute atomic E-state index is 12.6. The van der Waals surface area contributed by atoms with Gasteiger partial charge in [0.25, 0.3) is 5.91 Å². The van der Waals surface area contributed by atoms with Crippen LogP contribution in [-0.2, 0) is 16.0 Å². The number of imide groups is 1. The van der Waals surface area contributed by atoms with E-state index < -0.39 is 5.54 Å². The molecule has 7 heteroatoms. The molecule has 1 aromatic carbocycles. The van der Waals surface area contributed by atoms with Crippen molar-refractivity contribution in [1.82, 2.24) is 20.5 Å². The summed E-state index contributed by atoms with van der Waals surface area (Å²) >= 11 is 0. The van der Waals surface area contributed by atoms with Crippen LogP contribution in [0.4, 0.5) is 4.79 Å². The lowest BCUT2D eigenvalue weighted by molar-refractivity contribution is -0.131. The molecule has 1 saturated heterocycles. The molecule has 0 bridgehead atoms. The van der Waals surface area contributed by atoms with E-state index in [9.17, 15) is 14.4 Å². The number of aryl methyl sites for hydroxylation is 1. The number of aromatic amines is 1. The third-order valence-corrected chi connectivity index (χ3v) is 5.88. The van der Waals surface area contributed by atoms with Gasteiger partial charge in [-0.15, -0.1) is 0 Å². The van der Waals surface area contributed by atoms with Crippen LogP contribution in [0.3, 0.4) is 0 Å². The second-order valence-electron chi connectivity index (χ2n) is 7.74. The van der Waals surface area contributed by atoms with Gasteiger partial charge in [0.1, 0.15) is 5.54 Å². The molecule has 2 heterocycles. The van der Waals surface area contributed by atoms with Gasteiger partial charge in [0, 0.05) is 36.6 Å². The van der Waals surface area contributed by atoms with Gasteiger partial charge < -0.3 is 15.6 Å². The SMILES string of the molecule is O=C(CCc1c[nH]c2ccccc12)NCCCN1C(=O)NC2(CCCC2)C1=O. The van der Waals surface area contributed by atoms with Gasteiger partial charge in [0.2, 0.25) is 5.91 Å². The van der Waals surface area contributed by atoms with Crippen molar-refractivity contribution >= 4 is 28.7 Å². The van der Waals surface area contributed by atoms with Crippen molar-refractivity contribution in [2.75, 3.05) is 13.1 Å². The molecule has 28 heavy (non-hydrogen) atoms. The molecule has 1 aromatic heterocycles. The smallest absolute Gasteiger partial charge is 0.325 e. The number of hydrogen-bond donors (Lipinski definition) is 3. The van der Waals surface area contributed by atoms with Crippen LogP contribution in [0, 0.1) is 0 Å². The molecule has 0 unspecified atom stereocenters. The zero-order valence-corrected chi connectivity index (χ0v) is 15.9. The first-order valence-electron chi connectivity index (χ1n) is 10.0. The Labute approximate surface area is 163 Å². The Balaban J connectivity index is 1.20. The summed E-state index contributed by atoms with van der Waals surface area (Å²) in [5.41, 5.74) is 1.55. The van der Waals surface area contributed by atoms with Crippen molar-refractivity contribution in [3.05, 3.63) is 36.0 Å². The highest BCUT2D eigenvalue weighted by Gasteiger charge is 2.51. The van der Waals surface area contributed by atoms with Gasteiger partial charge in [-0.25, -0.2) is 4.79 Å². The molecule has 3 N–H and O–H groups in total. The number of carbonyl (C=O) groups is 3. The van der Waals surface area contributed by atoms with E-state index in [4.69, 9.17) is 0 Å². The number of amides is 4. The van der Waals surface area contributed by atoms with Crippen LogP contribution in [0.1, 0.15) is 44.1 Å². The molecular weight excluding hydrogens is 356 g/mol. The summed E-state index contributed by atoms with van der Waals surface area (Å²) < 4.78 is 0. The first-order valence-corrected chi connectivity index (χ1v) is 10.0. The van der Waals surface area contributed by atoms with Gasteiger partial charge in [-0.1, -0.05) is 31.0 Å². The van der Waals surface area contributed by atoms with E-state index in [1.165, 1.54) is 4.90 Å². The molecule has 1 aliphatic carbocycles. The Morgan fingerprint density at radius 3 is 2.79 bits per heavy atom. The number of carbonyl (C=O) groups excluding carboxylic acids is 3.